The number of H-pyrrole nitrogens is 1. The first-order valence-corrected chi connectivity index (χ1v) is 8.20. The Balaban J connectivity index is 2.07. The van der Waals surface area contributed by atoms with Crippen LogP contribution in [0.5, 0.6) is 11.5 Å². The highest BCUT2D eigenvalue weighted by Gasteiger charge is 2.07. The normalized spacial score (nSPS) is 11.5. The van der Waals surface area contributed by atoms with Gasteiger partial charge < -0.3 is 14.9 Å². The summed E-state index contributed by atoms with van der Waals surface area (Å²) in [5.74, 6) is -1.05. The first-order chi connectivity index (χ1) is 12.9. The molecule has 138 valence electrons. The van der Waals surface area contributed by atoms with Gasteiger partial charge in [0, 0.05) is 0 Å². The van der Waals surface area contributed by atoms with Gasteiger partial charge in [-0.05, 0) is 48.9 Å². The molecule has 0 fully saturated rings. The second-order valence-electron chi connectivity index (χ2n) is 5.78. The monoisotopic (exact) mass is 365 g/mol. The van der Waals surface area contributed by atoms with Gasteiger partial charge in [0.05, 0.1) is 28.4 Å². The van der Waals surface area contributed by atoms with Crippen LogP contribution in [0.15, 0.2) is 47.3 Å². The van der Waals surface area contributed by atoms with Crippen LogP contribution in [-0.4, -0.2) is 27.5 Å². The molecule has 0 aliphatic carbocycles. The van der Waals surface area contributed by atoms with Crippen LogP contribution in [0.25, 0.3) is 18.3 Å². The number of ether oxygens (including phenoxy) is 1. The lowest BCUT2D eigenvalue weighted by atomic mass is 10.1. The fourth-order valence-electron chi connectivity index (χ4n) is 2.63. The molecule has 7 heteroatoms. The quantitative estimate of drug-likeness (QED) is 0.688. The molecular formula is C20H17N2O5-. The average Bonchev–Trinajstić information content (AvgIpc) is 2.93. The average molecular weight is 365 g/mol. The molecule has 0 amide bonds. The number of carboxylic acid groups (broad SMARTS) is 1. The molecule has 2 N–H and O–H groups in total. The number of nitrogens with zero attached hydrogens (tertiary/aromatic N) is 1. The van der Waals surface area contributed by atoms with Crippen molar-refractivity contribution in [2.75, 3.05) is 6.61 Å². The summed E-state index contributed by atoms with van der Waals surface area (Å²) in [6.07, 6.45) is 1.62. The van der Waals surface area contributed by atoms with E-state index >= 15 is 0 Å². The van der Waals surface area contributed by atoms with E-state index in [0.29, 0.717) is 28.4 Å². The van der Waals surface area contributed by atoms with Gasteiger partial charge >= 0.3 is 5.97 Å². The molecule has 0 radical (unpaired) electrons. The van der Waals surface area contributed by atoms with Crippen molar-refractivity contribution in [3.05, 3.63) is 74.5 Å². The van der Waals surface area contributed by atoms with Gasteiger partial charge in [-0.25, -0.2) is 9.48 Å². The number of aromatic amines is 1. The van der Waals surface area contributed by atoms with Crippen LogP contribution < -0.4 is 26.0 Å². The Morgan fingerprint density at radius 2 is 2.00 bits per heavy atom. The van der Waals surface area contributed by atoms with E-state index in [0.717, 1.165) is 0 Å². The van der Waals surface area contributed by atoms with Crippen molar-refractivity contribution in [3.63, 3.8) is 0 Å². The predicted molar refractivity (Wildman–Crippen MR) is 98.7 cm³/mol. The van der Waals surface area contributed by atoms with Crippen molar-refractivity contribution in [3.8, 4) is 17.2 Å². The highest BCUT2D eigenvalue weighted by molar-refractivity contribution is 5.87. The number of aromatic carboxylic acids is 1. The zero-order chi connectivity index (χ0) is 19.6. The Labute approximate surface area is 154 Å². The van der Waals surface area contributed by atoms with E-state index in [1.807, 2.05) is 0 Å². The molecule has 1 aromatic heterocycles. The maximum atomic E-state index is 12.7. The van der Waals surface area contributed by atoms with Gasteiger partial charge in [0.25, 0.3) is 5.56 Å². The predicted octanol–water partition coefficient (Wildman–Crippen LogP) is 0.575. The standard InChI is InChI=1S/C20H18N2O5/c1-3-27-18-11-13(4-9-17(18)23)10-16-12(2)21-22(19(16)24)15-7-5-14(6-8-15)20(25)26/h4-11,21,23H,2-3H2,1H3,(H,25,26)/p-1/b16-10-. The van der Waals surface area contributed by atoms with Crippen molar-refractivity contribution in [2.45, 2.75) is 6.92 Å². The second-order valence-corrected chi connectivity index (χ2v) is 5.78. The third-order valence-corrected chi connectivity index (χ3v) is 3.96. The van der Waals surface area contributed by atoms with Crippen molar-refractivity contribution in [1.29, 1.82) is 0 Å². The number of hydrogen-bond acceptors (Lipinski definition) is 4. The summed E-state index contributed by atoms with van der Waals surface area (Å²) in [6, 6.07) is 10.5. The van der Waals surface area contributed by atoms with Gasteiger partial charge in [0.1, 0.15) is 5.75 Å². The Morgan fingerprint density at radius 1 is 1.30 bits per heavy atom. The van der Waals surface area contributed by atoms with Gasteiger partial charge in [0.2, 0.25) is 0 Å². The summed E-state index contributed by atoms with van der Waals surface area (Å²) in [5.41, 5.74) is 0.903. The van der Waals surface area contributed by atoms with Crippen LogP contribution in [0, 0.1) is 0 Å². The van der Waals surface area contributed by atoms with Gasteiger partial charge in [-0.15, -0.1) is 0 Å². The highest BCUT2D eigenvalue weighted by Crippen LogP contribution is 2.24. The second kappa shape index (κ2) is 7.25. The molecule has 0 saturated heterocycles. The minimum Gasteiger partial charge on any atom is -0.870 e. The van der Waals surface area contributed by atoms with Crippen LogP contribution in [0.2, 0.25) is 0 Å². The van der Waals surface area contributed by atoms with E-state index in [9.17, 15) is 14.7 Å². The van der Waals surface area contributed by atoms with Crippen molar-refractivity contribution in [2.24, 2.45) is 0 Å². The number of benzene rings is 2. The minimum atomic E-state index is -1.04. The topological polar surface area (TPSA) is 107 Å². The summed E-state index contributed by atoms with van der Waals surface area (Å²) >= 11 is 0. The smallest absolute Gasteiger partial charge is 0.335 e. The molecule has 0 atom stereocenters. The molecule has 7 nitrogen and oxygen atoms in total. The zero-order valence-electron chi connectivity index (χ0n) is 14.6. The van der Waals surface area contributed by atoms with Gasteiger partial charge in [-0.2, -0.15) is 0 Å². The van der Waals surface area contributed by atoms with Gasteiger partial charge in [-0.3, -0.25) is 9.89 Å². The largest absolute Gasteiger partial charge is 0.870 e. The summed E-state index contributed by atoms with van der Waals surface area (Å²) in [5, 5.41) is 24.3. The molecule has 0 aliphatic rings. The lowest BCUT2D eigenvalue weighted by Gasteiger charge is -2.13. The van der Waals surface area contributed by atoms with Crippen molar-refractivity contribution >= 4 is 18.6 Å². The molecule has 1 heterocycles. The molecule has 0 unspecified atom stereocenters. The minimum absolute atomic E-state index is 0.126. The molecule has 2 aromatic carbocycles. The molecular weight excluding hydrogens is 348 g/mol. The summed E-state index contributed by atoms with van der Waals surface area (Å²) < 4.78 is 6.58. The number of carbonyl (C=O) groups is 1. The molecule has 0 bridgehead atoms. The van der Waals surface area contributed by atoms with Crippen LogP contribution in [0.4, 0.5) is 0 Å². The fourth-order valence-corrected chi connectivity index (χ4v) is 2.63. The molecule has 3 aromatic rings. The van der Waals surface area contributed by atoms with Crippen LogP contribution in [0.3, 0.4) is 0 Å². The molecule has 0 saturated carbocycles. The summed E-state index contributed by atoms with van der Waals surface area (Å²) in [4.78, 5) is 23.7. The van der Waals surface area contributed by atoms with Crippen LogP contribution in [-0.2, 0) is 0 Å². The maximum absolute atomic E-state index is 12.7. The first kappa shape index (κ1) is 18.1. The Morgan fingerprint density at radius 3 is 2.63 bits per heavy atom. The van der Waals surface area contributed by atoms with Gasteiger partial charge in [-0.1, -0.05) is 24.5 Å². The number of aromatic nitrogens is 2. The lowest BCUT2D eigenvalue weighted by Crippen LogP contribution is -2.33. The zero-order valence-corrected chi connectivity index (χ0v) is 14.6. The van der Waals surface area contributed by atoms with E-state index in [4.69, 9.17) is 9.84 Å². The third kappa shape index (κ3) is 3.62. The number of carboxylic acids is 1. The number of nitrogens with one attached hydrogen (secondary N) is 1. The molecule has 0 aliphatic heterocycles. The first-order valence-electron chi connectivity index (χ1n) is 8.20. The lowest BCUT2D eigenvalue weighted by molar-refractivity contribution is -0.270. The van der Waals surface area contributed by atoms with Gasteiger partial charge in [0.15, 0.2) is 0 Å². The Hall–Kier alpha value is -3.74. The van der Waals surface area contributed by atoms with E-state index in [2.05, 4.69) is 11.7 Å². The number of rotatable bonds is 5. The third-order valence-electron chi connectivity index (χ3n) is 3.96. The van der Waals surface area contributed by atoms with Crippen LogP contribution in [0.1, 0.15) is 22.8 Å². The van der Waals surface area contributed by atoms with E-state index in [1.165, 1.54) is 35.0 Å². The van der Waals surface area contributed by atoms with Crippen LogP contribution >= 0.6 is 0 Å². The summed E-state index contributed by atoms with van der Waals surface area (Å²) in [6.45, 7) is 6.00. The SMILES string of the molecule is C=c1[nH]n(-c2ccc(C(=O)O)cc2)c(=O)/c1=C\c1ccc([O-])c(OCC)c1. The van der Waals surface area contributed by atoms with E-state index in [1.54, 1.807) is 25.1 Å². The number of hydrogen-bond donors (Lipinski definition) is 2. The highest BCUT2D eigenvalue weighted by atomic mass is 16.5. The van der Waals surface area contributed by atoms with Crippen molar-refractivity contribution in [1.82, 2.24) is 9.78 Å². The Bertz CT molecular complexity index is 1160. The van der Waals surface area contributed by atoms with Crippen molar-refractivity contribution < 1.29 is 19.7 Å². The fraction of sp³-hybridized carbons (Fsp3) is 0.100. The van der Waals surface area contributed by atoms with E-state index in [-0.39, 0.29) is 22.6 Å². The van der Waals surface area contributed by atoms with E-state index < -0.39 is 5.97 Å². The Kier molecular flexibility index (Phi) is 4.85. The maximum Gasteiger partial charge on any atom is 0.335 e. The molecule has 27 heavy (non-hydrogen) atoms. The molecule has 3 rings (SSSR count). The molecule has 0 spiro atoms. The summed E-state index contributed by atoms with van der Waals surface area (Å²) in [7, 11) is 0.